The molecule has 0 aliphatic heterocycles. The summed E-state index contributed by atoms with van der Waals surface area (Å²) in [6, 6.07) is 5.03. The maximum Gasteiger partial charge on any atom is 0.275 e. The number of carbonyl (C=O) groups excluding carboxylic acids is 1. The molecule has 0 unspecified atom stereocenters. The van der Waals surface area contributed by atoms with Gasteiger partial charge in [0, 0.05) is 6.21 Å². The molecule has 17 heavy (non-hydrogen) atoms. The molecule has 0 saturated carbocycles. The Balaban J connectivity index is 2.64. The number of phenols is 1. The van der Waals surface area contributed by atoms with E-state index in [4.69, 9.17) is 0 Å². The Morgan fingerprint density at radius 1 is 1.53 bits per heavy atom. The summed E-state index contributed by atoms with van der Waals surface area (Å²) >= 11 is 0. The molecule has 1 aromatic rings. The second kappa shape index (κ2) is 6.03. The Labute approximate surface area is 101 Å². The molecular formula is C13H18N2O2. The molecule has 0 aromatic heterocycles. The van der Waals surface area contributed by atoms with E-state index < -0.39 is 5.91 Å². The highest BCUT2D eigenvalue weighted by molar-refractivity contribution is 5.97. The van der Waals surface area contributed by atoms with Gasteiger partial charge in [-0.05, 0) is 30.9 Å². The fourth-order valence-electron chi connectivity index (χ4n) is 1.27. The lowest BCUT2D eigenvalue weighted by Crippen LogP contribution is -2.18. The van der Waals surface area contributed by atoms with Gasteiger partial charge in [-0.3, -0.25) is 4.79 Å². The Bertz CT molecular complexity index is 425. The number of para-hydroxylation sites is 1. The summed E-state index contributed by atoms with van der Waals surface area (Å²) in [5.74, 6) is 0.110. The minimum Gasteiger partial charge on any atom is -0.507 e. The quantitative estimate of drug-likeness (QED) is 0.621. The zero-order valence-electron chi connectivity index (χ0n) is 10.4. The van der Waals surface area contributed by atoms with Crippen molar-refractivity contribution in [3.63, 3.8) is 0 Å². The summed E-state index contributed by atoms with van der Waals surface area (Å²) in [6.45, 7) is 5.88. The van der Waals surface area contributed by atoms with E-state index in [1.165, 1.54) is 0 Å². The van der Waals surface area contributed by atoms with Crippen molar-refractivity contribution in [3.8, 4) is 5.75 Å². The second-order valence-electron chi connectivity index (χ2n) is 4.35. The Morgan fingerprint density at radius 3 is 2.88 bits per heavy atom. The van der Waals surface area contributed by atoms with Crippen LogP contribution in [0.15, 0.2) is 23.3 Å². The van der Waals surface area contributed by atoms with E-state index in [1.54, 1.807) is 31.3 Å². The molecular weight excluding hydrogens is 216 g/mol. The molecule has 4 nitrogen and oxygen atoms in total. The van der Waals surface area contributed by atoms with Gasteiger partial charge >= 0.3 is 0 Å². The van der Waals surface area contributed by atoms with E-state index in [9.17, 15) is 9.90 Å². The Morgan fingerprint density at radius 2 is 2.24 bits per heavy atom. The molecule has 1 rings (SSSR count). The molecule has 0 fully saturated rings. The molecule has 0 heterocycles. The molecule has 4 heteroatoms. The van der Waals surface area contributed by atoms with Crippen LogP contribution in [-0.4, -0.2) is 17.2 Å². The van der Waals surface area contributed by atoms with Crippen molar-refractivity contribution in [2.24, 2.45) is 11.0 Å². The highest BCUT2D eigenvalue weighted by atomic mass is 16.3. The highest BCUT2D eigenvalue weighted by Crippen LogP contribution is 2.20. The lowest BCUT2D eigenvalue weighted by Gasteiger charge is -2.05. The molecule has 0 bridgehead atoms. The SMILES string of the molecule is Cc1cccc(C(=O)N/N=C/CC(C)C)c1O. The van der Waals surface area contributed by atoms with Gasteiger partial charge in [0.1, 0.15) is 5.75 Å². The topological polar surface area (TPSA) is 61.7 Å². The van der Waals surface area contributed by atoms with Gasteiger partial charge in [-0.1, -0.05) is 26.0 Å². The lowest BCUT2D eigenvalue weighted by molar-refractivity contribution is 0.0952. The Hall–Kier alpha value is -1.84. The molecule has 0 atom stereocenters. The van der Waals surface area contributed by atoms with Crippen molar-refractivity contribution >= 4 is 12.1 Å². The van der Waals surface area contributed by atoms with E-state index in [1.807, 2.05) is 0 Å². The monoisotopic (exact) mass is 234 g/mol. The minimum absolute atomic E-state index is 0.00376. The van der Waals surface area contributed by atoms with Gasteiger partial charge in [0.25, 0.3) is 5.91 Å². The number of nitrogens with one attached hydrogen (secondary N) is 1. The van der Waals surface area contributed by atoms with Crippen molar-refractivity contribution in [1.82, 2.24) is 5.43 Å². The van der Waals surface area contributed by atoms with Gasteiger partial charge < -0.3 is 5.11 Å². The summed E-state index contributed by atoms with van der Waals surface area (Å²) in [5.41, 5.74) is 3.31. The first-order valence-corrected chi connectivity index (χ1v) is 5.62. The van der Waals surface area contributed by atoms with Gasteiger partial charge in [-0.25, -0.2) is 5.43 Å². The van der Waals surface area contributed by atoms with Crippen LogP contribution in [0.2, 0.25) is 0 Å². The number of benzene rings is 1. The molecule has 0 aliphatic carbocycles. The van der Waals surface area contributed by atoms with Crippen LogP contribution < -0.4 is 5.43 Å². The van der Waals surface area contributed by atoms with Crippen LogP contribution in [0.25, 0.3) is 0 Å². The van der Waals surface area contributed by atoms with E-state index >= 15 is 0 Å². The maximum absolute atomic E-state index is 11.7. The van der Waals surface area contributed by atoms with Gasteiger partial charge in [0.05, 0.1) is 5.56 Å². The molecule has 2 N–H and O–H groups in total. The third kappa shape index (κ3) is 3.90. The van der Waals surface area contributed by atoms with Gasteiger partial charge in [-0.15, -0.1) is 0 Å². The van der Waals surface area contributed by atoms with E-state index in [-0.39, 0.29) is 11.3 Å². The molecule has 1 aromatic carbocycles. The first-order chi connectivity index (χ1) is 8.02. The summed E-state index contributed by atoms with van der Waals surface area (Å²) in [5, 5.41) is 13.5. The van der Waals surface area contributed by atoms with Crippen molar-refractivity contribution in [2.75, 3.05) is 0 Å². The number of rotatable bonds is 4. The first-order valence-electron chi connectivity index (χ1n) is 5.62. The number of aromatic hydroxyl groups is 1. The predicted molar refractivity (Wildman–Crippen MR) is 68.3 cm³/mol. The summed E-state index contributed by atoms with van der Waals surface area (Å²) in [6.07, 6.45) is 2.47. The average Bonchev–Trinajstić information content (AvgIpc) is 2.27. The van der Waals surface area contributed by atoms with Crippen LogP contribution in [0.1, 0.15) is 36.2 Å². The second-order valence-corrected chi connectivity index (χ2v) is 4.35. The van der Waals surface area contributed by atoms with Crippen LogP contribution in [-0.2, 0) is 0 Å². The van der Waals surface area contributed by atoms with E-state index in [2.05, 4.69) is 24.4 Å². The van der Waals surface area contributed by atoms with Crippen molar-refractivity contribution in [1.29, 1.82) is 0 Å². The summed E-state index contributed by atoms with van der Waals surface area (Å²) in [4.78, 5) is 11.7. The fraction of sp³-hybridized carbons (Fsp3) is 0.385. The van der Waals surface area contributed by atoms with Crippen molar-refractivity contribution in [3.05, 3.63) is 29.3 Å². The number of hydrazone groups is 1. The van der Waals surface area contributed by atoms with E-state index in [0.29, 0.717) is 11.5 Å². The Kier molecular flexibility index (Phi) is 4.69. The zero-order valence-corrected chi connectivity index (χ0v) is 10.4. The standard InChI is InChI=1S/C13H18N2O2/c1-9(2)7-8-14-15-13(17)11-6-4-5-10(3)12(11)16/h4-6,8-9,16H,7H2,1-3H3,(H,15,17)/b14-8+. The molecule has 1 amide bonds. The number of aryl methyl sites for hydroxylation is 1. The fourth-order valence-corrected chi connectivity index (χ4v) is 1.27. The average molecular weight is 234 g/mol. The number of hydrogen-bond donors (Lipinski definition) is 2. The molecule has 92 valence electrons. The van der Waals surface area contributed by atoms with Crippen LogP contribution >= 0.6 is 0 Å². The molecule has 0 aliphatic rings. The minimum atomic E-state index is -0.397. The predicted octanol–water partition coefficient (Wildman–Crippen LogP) is 2.46. The van der Waals surface area contributed by atoms with Crippen LogP contribution in [0.5, 0.6) is 5.75 Å². The number of nitrogens with zero attached hydrogens (tertiary/aromatic N) is 1. The smallest absolute Gasteiger partial charge is 0.275 e. The molecule has 0 radical (unpaired) electrons. The third-order valence-electron chi connectivity index (χ3n) is 2.32. The number of carbonyl (C=O) groups is 1. The van der Waals surface area contributed by atoms with Crippen LogP contribution in [0.3, 0.4) is 0 Å². The lowest BCUT2D eigenvalue weighted by atomic mass is 10.1. The van der Waals surface area contributed by atoms with Crippen molar-refractivity contribution in [2.45, 2.75) is 27.2 Å². The van der Waals surface area contributed by atoms with E-state index in [0.717, 1.165) is 6.42 Å². The number of phenolic OH excluding ortho intramolecular Hbond substituents is 1. The molecule has 0 spiro atoms. The van der Waals surface area contributed by atoms with Crippen molar-refractivity contribution < 1.29 is 9.90 Å². The van der Waals surface area contributed by atoms with Crippen LogP contribution in [0.4, 0.5) is 0 Å². The van der Waals surface area contributed by atoms with Gasteiger partial charge in [-0.2, -0.15) is 5.10 Å². The first kappa shape index (κ1) is 13.2. The normalized spacial score (nSPS) is 11.1. The summed E-state index contributed by atoms with van der Waals surface area (Å²) in [7, 11) is 0. The number of hydrogen-bond acceptors (Lipinski definition) is 3. The summed E-state index contributed by atoms with van der Waals surface area (Å²) < 4.78 is 0. The van der Waals surface area contributed by atoms with Crippen LogP contribution in [0, 0.1) is 12.8 Å². The molecule has 0 saturated heterocycles. The maximum atomic E-state index is 11.7. The number of amides is 1. The van der Waals surface area contributed by atoms with Gasteiger partial charge in [0.2, 0.25) is 0 Å². The third-order valence-corrected chi connectivity index (χ3v) is 2.32. The highest BCUT2D eigenvalue weighted by Gasteiger charge is 2.11. The largest absolute Gasteiger partial charge is 0.507 e. The zero-order chi connectivity index (χ0) is 12.8. The van der Waals surface area contributed by atoms with Gasteiger partial charge in [0.15, 0.2) is 0 Å².